The SMILES string of the molecule is O=C(NC[C@@H](c1ccco1)N1CCCC1)c1c2c(nc3ccccc13)CCCC2. The fraction of sp³-hybridized carbons (Fsp3) is 0.417. The van der Waals surface area contributed by atoms with E-state index in [-0.39, 0.29) is 11.9 Å². The lowest BCUT2D eigenvalue weighted by atomic mass is 9.89. The first-order chi connectivity index (χ1) is 14.3. The first-order valence-corrected chi connectivity index (χ1v) is 10.8. The molecule has 0 radical (unpaired) electrons. The quantitative estimate of drug-likeness (QED) is 0.708. The lowest BCUT2D eigenvalue weighted by Crippen LogP contribution is -2.37. The van der Waals surface area contributed by atoms with Crippen LogP contribution in [0.3, 0.4) is 0 Å². The number of carbonyl (C=O) groups excluding carboxylic acids is 1. The summed E-state index contributed by atoms with van der Waals surface area (Å²) >= 11 is 0. The number of aromatic nitrogens is 1. The highest BCUT2D eigenvalue weighted by molar-refractivity contribution is 6.07. The van der Waals surface area contributed by atoms with Gasteiger partial charge in [-0.05, 0) is 75.4 Å². The summed E-state index contributed by atoms with van der Waals surface area (Å²) in [6, 6.07) is 12.0. The Morgan fingerprint density at radius 1 is 1.07 bits per heavy atom. The van der Waals surface area contributed by atoms with Crippen molar-refractivity contribution in [3.63, 3.8) is 0 Å². The van der Waals surface area contributed by atoms with Crippen molar-refractivity contribution < 1.29 is 9.21 Å². The number of nitrogens with zero attached hydrogens (tertiary/aromatic N) is 2. The predicted octanol–water partition coefficient (Wildman–Crippen LogP) is 4.27. The van der Waals surface area contributed by atoms with Gasteiger partial charge in [-0.15, -0.1) is 0 Å². The van der Waals surface area contributed by atoms with Crippen LogP contribution in [0.2, 0.25) is 0 Å². The van der Waals surface area contributed by atoms with Crippen molar-refractivity contribution in [1.29, 1.82) is 0 Å². The molecule has 3 heterocycles. The molecular weight excluding hydrogens is 362 g/mol. The molecule has 5 rings (SSSR count). The van der Waals surface area contributed by atoms with Gasteiger partial charge in [0.2, 0.25) is 0 Å². The van der Waals surface area contributed by atoms with Crippen molar-refractivity contribution >= 4 is 16.8 Å². The Kier molecular flexibility index (Phi) is 5.06. The van der Waals surface area contributed by atoms with Crippen LogP contribution in [0.15, 0.2) is 47.1 Å². The zero-order valence-electron chi connectivity index (χ0n) is 16.7. The van der Waals surface area contributed by atoms with Gasteiger partial charge in [-0.1, -0.05) is 18.2 Å². The normalized spacial score (nSPS) is 17.9. The van der Waals surface area contributed by atoms with E-state index in [1.54, 1.807) is 6.26 Å². The highest BCUT2D eigenvalue weighted by atomic mass is 16.3. The predicted molar refractivity (Wildman–Crippen MR) is 113 cm³/mol. The smallest absolute Gasteiger partial charge is 0.252 e. The summed E-state index contributed by atoms with van der Waals surface area (Å²) in [4.78, 5) is 20.7. The molecule has 1 saturated heterocycles. The molecule has 0 bridgehead atoms. The molecule has 150 valence electrons. The van der Waals surface area contributed by atoms with E-state index in [0.717, 1.165) is 72.3 Å². The Hall–Kier alpha value is -2.66. The molecule has 1 aliphatic heterocycles. The van der Waals surface area contributed by atoms with E-state index >= 15 is 0 Å². The fourth-order valence-electron chi connectivity index (χ4n) is 4.85. The highest BCUT2D eigenvalue weighted by Crippen LogP contribution is 2.30. The van der Waals surface area contributed by atoms with Crippen molar-refractivity contribution in [3.05, 3.63) is 65.2 Å². The second-order valence-electron chi connectivity index (χ2n) is 8.12. The average molecular weight is 389 g/mol. The van der Waals surface area contributed by atoms with Crippen LogP contribution in [0.25, 0.3) is 10.9 Å². The van der Waals surface area contributed by atoms with Gasteiger partial charge in [0.25, 0.3) is 5.91 Å². The maximum Gasteiger partial charge on any atom is 0.252 e. The van der Waals surface area contributed by atoms with Crippen molar-refractivity contribution in [1.82, 2.24) is 15.2 Å². The number of hydrogen-bond donors (Lipinski definition) is 1. The first kappa shape index (κ1) is 18.4. The molecule has 2 aromatic heterocycles. The van der Waals surface area contributed by atoms with Gasteiger partial charge in [0.05, 0.1) is 23.4 Å². The van der Waals surface area contributed by atoms with Crippen LogP contribution in [0.4, 0.5) is 0 Å². The molecule has 29 heavy (non-hydrogen) atoms. The van der Waals surface area contributed by atoms with Gasteiger partial charge in [-0.3, -0.25) is 14.7 Å². The van der Waals surface area contributed by atoms with Crippen LogP contribution in [0.1, 0.15) is 59.1 Å². The topological polar surface area (TPSA) is 58.4 Å². The summed E-state index contributed by atoms with van der Waals surface area (Å²) in [7, 11) is 0. The Morgan fingerprint density at radius 3 is 2.72 bits per heavy atom. The first-order valence-electron chi connectivity index (χ1n) is 10.8. The van der Waals surface area contributed by atoms with Gasteiger partial charge in [0.1, 0.15) is 5.76 Å². The van der Waals surface area contributed by atoms with E-state index in [2.05, 4.69) is 10.2 Å². The van der Waals surface area contributed by atoms with E-state index in [4.69, 9.17) is 9.40 Å². The molecule has 1 amide bonds. The maximum atomic E-state index is 13.4. The van der Waals surface area contributed by atoms with Crippen LogP contribution in [-0.2, 0) is 12.8 Å². The summed E-state index contributed by atoms with van der Waals surface area (Å²) in [6.07, 6.45) is 8.28. The van der Waals surface area contributed by atoms with Gasteiger partial charge >= 0.3 is 0 Å². The van der Waals surface area contributed by atoms with Gasteiger partial charge < -0.3 is 9.73 Å². The molecule has 1 fully saturated rings. The maximum absolute atomic E-state index is 13.4. The van der Waals surface area contributed by atoms with Crippen molar-refractivity contribution in [2.75, 3.05) is 19.6 Å². The average Bonchev–Trinajstić information content (AvgIpc) is 3.47. The number of pyridine rings is 1. The molecule has 5 heteroatoms. The third kappa shape index (κ3) is 3.55. The number of rotatable bonds is 5. The van der Waals surface area contributed by atoms with Crippen LogP contribution in [0.5, 0.6) is 0 Å². The molecule has 0 saturated carbocycles. The second-order valence-corrected chi connectivity index (χ2v) is 8.12. The van der Waals surface area contributed by atoms with Crippen LogP contribution in [-0.4, -0.2) is 35.4 Å². The third-order valence-corrected chi connectivity index (χ3v) is 6.31. The largest absolute Gasteiger partial charge is 0.468 e. The molecule has 1 aliphatic carbocycles. The lowest BCUT2D eigenvalue weighted by Gasteiger charge is -2.26. The molecule has 0 unspecified atom stereocenters. The number of hydrogen-bond acceptors (Lipinski definition) is 4. The molecule has 0 spiro atoms. The van der Waals surface area contributed by atoms with E-state index < -0.39 is 0 Å². The van der Waals surface area contributed by atoms with Crippen LogP contribution < -0.4 is 5.32 Å². The second kappa shape index (κ2) is 7.99. The number of para-hydroxylation sites is 1. The molecule has 1 atom stereocenters. The molecular formula is C24H27N3O2. The zero-order chi connectivity index (χ0) is 19.6. The van der Waals surface area contributed by atoms with Gasteiger partial charge in [-0.25, -0.2) is 0 Å². The Morgan fingerprint density at radius 2 is 1.90 bits per heavy atom. The summed E-state index contributed by atoms with van der Waals surface area (Å²) in [5, 5.41) is 4.20. The van der Waals surface area contributed by atoms with Crippen molar-refractivity contribution in [3.8, 4) is 0 Å². The molecule has 3 aromatic rings. The van der Waals surface area contributed by atoms with Crippen LogP contribution in [0, 0.1) is 0 Å². The number of fused-ring (bicyclic) bond motifs is 2. The highest BCUT2D eigenvalue weighted by Gasteiger charge is 2.28. The summed E-state index contributed by atoms with van der Waals surface area (Å²) in [5.41, 5.74) is 3.98. The minimum atomic E-state index is 0.0116. The Bertz CT molecular complexity index is 1010. The number of nitrogens with one attached hydrogen (secondary N) is 1. The summed E-state index contributed by atoms with van der Waals surface area (Å²) in [6.45, 7) is 2.65. The molecule has 1 N–H and O–H groups in total. The van der Waals surface area contributed by atoms with Gasteiger partial charge in [-0.2, -0.15) is 0 Å². The van der Waals surface area contributed by atoms with Crippen LogP contribution >= 0.6 is 0 Å². The Balaban J connectivity index is 1.45. The number of benzene rings is 1. The zero-order valence-corrected chi connectivity index (χ0v) is 16.7. The minimum absolute atomic E-state index is 0.0116. The van der Waals surface area contributed by atoms with Crippen molar-refractivity contribution in [2.45, 2.75) is 44.6 Å². The molecule has 5 nitrogen and oxygen atoms in total. The van der Waals surface area contributed by atoms with Gasteiger partial charge in [0.15, 0.2) is 0 Å². The molecule has 1 aromatic carbocycles. The van der Waals surface area contributed by atoms with E-state index in [1.165, 1.54) is 12.8 Å². The summed E-state index contributed by atoms with van der Waals surface area (Å²) in [5.74, 6) is 0.936. The molecule has 2 aliphatic rings. The van der Waals surface area contributed by atoms with E-state index in [9.17, 15) is 4.79 Å². The third-order valence-electron chi connectivity index (χ3n) is 6.31. The van der Waals surface area contributed by atoms with E-state index in [0.29, 0.717) is 6.54 Å². The Labute approximate surface area is 171 Å². The fourth-order valence-corrected chi connectivity index (χ4v) is 4.85. The summed E-state index contributed by atoms with van der Waals surface area (Å²) < 4.78 is 5.70. The monoisotopic (exact) mass is 389 g/mol. The lowest BCUT2D eigenvalue weighted by molar-refractivity contribution is 0.0934. The number of amides is 1. The number of carbonyl (C=O) groups is 1. The van der Waals surface area contributed by atoms with Crippen molar-refractivity contribution in [2.24, 2.45) is 0 Å². The number of likely N-dealkylation sites (tertiary alicyclic amines) is 1. The minimum Gasteiger partial charge on any atom is -0.468 e. The number of aryl methyl sites for hydroxylation is 1. The van der Waals surface area contributed by atoms with E-state index in [1.807, 2.05) is 36.4 Å². The number of furan rings is 1. The van der Waals surface area contributed by atoms with Gasteiger partial charge in [0, 0.05) is 17.6 Å². The standard InChI is InChI=1S/C24H27N3O2/c28-24(25-16-21(22-12-7-15-29-22)27-13-5-6-14-27)23-17-8-1-3-10-19(17)26-20-11-4-2-9-18(20)23/h1,3,7-8,10,12,15,21H,2,4-6,9,11,13-14,16H2,(H,25,28)/t21-/m0/s1.